The average Bonchev–Trinajstić information content (AvgIpc) is 3.28. The van der Waals surface area contributed by atoms with Gasteiger partial charge in [0.15, 0.2) is 0 Å². The van der Waals surface area contributed by atoms with Crippen molar-refractivity contribution in [1.82, 2.24) is 21.3 Å². The van der Waals surface area contributed by atoms with Crippen molar-refractivity contribution in [3.8, 4) is 5.75 Å². The van der Waals surface area contributed by atoms with E-state index in [-0.39, 0.29) is 49.2 Å². The number of nitrogens with one attached hydrogen (secondary N) is 4. The van der Waals surface area contributed by atoms with Crippen molar-refractivity contribution in [2.75, 3.05) is 0 Å². The molecule has 0 unspecified atom stereocenters. The van der Waals surface area contributed by atoms with Crippen LogP contribution in [0.5, 0.6) is 5.75 Å². The quantitative estimate of drug-likeness (QED) is 0.0252. The van der Waals surface area contributed by atoms with Gasteiger partial charge in [-0.2, -0.15) is 0 Å². The van der Waals surface area contributed by atoms with Crippen molar-refractivity contribution in [1.29, 1.82) is 0 Å². The number of phosphoric ester groups is 1. The van der Waals surface area contributed by atoms with Crippen molar-refractivity contribution in [2.45, 2.75) is 154 Å². The Balaban J connectivity index is 1.31. The first-order valence-corrected chi connectivity index (χ1v) is 24.7. The van der Waals surface area contributed by atoms with Gasteiger partial charge in [-0.1, -0.05) is 157 Å². The summed E-state index contributed by atoms with van der Waals surface area (Å²) in [6.45, 7) is 3.84. The van der Waals surface area contributed by atoms with Crippen LogP contribution in [0.4, 0.5) is 0 Å². The Morgan fingerprint density at radius 2 is 0.970 bits per heavy atom. The Kier molecular flexibility index (Phi) is 24.8. The fourth-order valence-corrected chi connectivity index (χ4v) is 7.87. The van der Waals surface area contributed by atoms with Crippen LogP contribution in [0.1, 0.15) is 127 Å². The molecular formula is C49H70N5O11P. The predicted molar refractivity (Wildman–Crippen MR) is 252 cm³/mol. The number of carboxylic acids is 1. The number of carboxylic acid groups (broad SMARTS) is 1. The molecule has 0 aliphatic heterocycles. The van der Waals surface area contributed by atoms with Gasteiger partial charge in [0.1, 0.15) is 29.9 Å². The molecule has 5 atom stereocenters. The standard InChI is InChI=1S/C49H70N5O11P/c1-3-35(2)45(48(59)52-40(46(50)57)32-36-22-16-14-17-23-36)54-44(56)27-21-13-11-9-7-5-4-6-8-10-12-20-26-43(55)51-41(33-38-28-30-39(31-29-38)65-66(62,63)64)47(58)53-42(49(60)61)34-37-24-18-15-19-25-37/h14-19,22-25,28-31,35,40-42,45H,3-13,20-21,26-27,32-34H2,1-2H3,(H2,50,57)(H,51,55)(H,52,59)(H,53,58)(H,54,56)(H,60,61)(H2,62,63,64)/t35-,40-,41-,42-,45-/m0/s1. The van der Waals surface area contributed by atoms with Gasteiger partial charge in [-0.15, -0.1) is 0 Å². The molecule has 0 bridgehead atoms. The van der Waals surface area contributed by atoms with Crippen LogP contribution in [0.2, 0.25) is 0 Å². The molecule has 3 aromatic rings. The molecule has 0 saturated carbocycles. The zero-order chi connectivity index (χ0) is 48.3. The van der Waals surface area contributed by atoms with E-state index in [2.05, 4.69) is 25.8 Å². The zero-order valence-corrected chi connectivity index (χ0v) is 39.2. The lowest BCUT2D eigenvalue weighted by Crippen LogP contribution is -2.55. The second-order valence-corrected chi connectivity index (χ2v) is 18.1. The summed E-state index contributed by atoms with van der Waals surface area (Å²) in [5.74, 6) is -3.68. The fraction of sp³-hybridized carbons (Fsp3) is 0.510. The monoisotopic (exact) mass is 935 g/mol. The number of nitrogens with two attached hydrogens (primary N) is 1. The van der Waals surface area contributed by atoms with E-state index in [0.717, 1.165) is 76.2 Å². The normalized spacial score (nSPS) is 13.6. The average molecular weight is 936 g/mol. The third kappa shape index (κ3) is 22.6. The highest BCUT2D eigenvalue weighted by Crippen LogP contribution is 2.37. The van der Waals surface area contributed by atoms with E-state index in [1.807, 2.05) is 44.2 Å². The summed E-state index contributed by atoms with van der Waals surface area (Å²) in [6, 6.07) is 19.9. The number of aliphatic carboxylic acids is 1. The van der Waals surface area contributed by atoms with Crippen LogP contribution in [0.3, 0.4) is 0 Å². The highest BCUT2D eigenvalue weighted by atomic mass is 31.2. The molecule has 16 nitrogen and oxygen atoms in total. The number of benzene rings is 3. The molecule has 0 aliphatic rings. The molecule has 9 N–H and O–H groups in total. The second kappa shape index (κ2) is 29.9. The van der Waals surface area contributed by atoms with Crippen molar-refractivity contribution < 1.29 is 52.7 Å². The molecular weight excluding hydrogens is 866 g/mol. The molecule has 3 rings (SSSR count). The van der Waals surface area contributed by atoms with E-state index in [9.17, 15) is 38.4 Å². The minimum atomic E-state index is -4.77. The minimum absolute atomic E-state index is 0.00133. The molecule has 0 radical (unpaired) electrons. The van der Waals surface area contributed by atoms with Gasteiger partial charge in [-0.25, -0.2) is 9.36 Å². The summed E-state index contributed by atoms with van der Waals surface area (Å²) in [5.41, 5.74) is 7.74. The van der Waals surface area contributed by atoms with E-state index in [4.69, 9.17) is 15.5 Å². The number of carbonyl (C=O) groups is 6. The predicted octanol–water partition coefficient (Wildman–Crippen LogP) is 6.20. The van der Waals surface area contributed by atoms with Crippen LogP contribution in [0.25, 0.3) is 0 Å². The lowest BCUT2D eigenvalue weighted by Gasteiger charge is -2.26. The van der Waals surface area contributed by atoms with Gasteiger partial charge >= 0.3 is 13.8 Å². The number of hydrogen-bond acceptors (Lipinski definition) is 8. The number of rotatable bonds is 33. The van der Waals surface area contributed by atoms with Crippen LogP contribution >= 0.6 is 7.82 Å². The number of carbonyl (C=O) groups excluding carboxylic acids is 5. The Morgan fingerprint density at radius 1 is 0.561 bits per heavy atom. The molecule has 5 amide bonds. The lowest BCUT2D eigenvalue weighted by molar-refractivity contribution is -0.142. The summed E-state index contributed by atoms with van der Waals surface area (Å²) < 4.78 is 15.8. The molecule has 0 saturated heterocycles. The molecule has 66 heavy (non-hydrogen) atoms. The third-order valence-electron chi connectivity index (χ3n) is 11.4. The fourth-order valence-electron chi connectivity index (χ4n) is 7.48. The maximum Gasteiger partial charge on any atom is 0.524 e. The van der Waals surface area contributed by atoms with E-state index in [0.29, 0.717) is 30.4 Å². The van der Waals surface area contributed by atoms with Gasteiger partial charge in [0, 0.05) is 32.1 Å². The van der Waals surface area contributed by atoms with Crippen molar-refractivity contribution in [3.63, 3.8) is 0 Å². The van der Waals surface area contributed by atoms with E-state index >= 15 is 0 Å². The van der Waals surface area contributed by atoms with Gasteiger partial charge in [-0.3, -0.25) is 33.8 Å². The number of unbranched alkanes of at least 4 members (excludes halogenated alkanes) is 11. The number of amides is 5. The molecule has 0 aliphatic carbocycles. The first kappa shape index (κ1) is 54.8. The van der Waals surface area contributed by atoms with Crippen LogP contribution in [0, 0.1) is 5.92 Å². The van der Waals surface area contributed by atoms with E-state index in [1.54, 1.807) is 30.3 Å². The van der Waals surface area contributed by atoms with Crippen LogP contribution < -0.4 is 31.5 Å². The topological polar surface area (TPSA) is 264 Å². The Hall–Kier alpha value is -5.57. The summed E-state index contributed by atoms with van der Waals surface area (Å²) >= 11 is 0. The SMILES string of the molecule is CC[C@H](C)[C@H](NC(=O)CCCCCCCCCCCCCCC(=O)N[C@@H](Cc1ccc(OP(=O)(O)O)cc1)C(=O)N[C@@H](Cc1ccccc1)C(=O)O)C(=O)N[C@@H](Cc1ccccc1)C(N)=O. The minimum Gasteiger partial charge on any atom is -0.480 e. The van der Waals surface area contributed by atoms with Crippen molar-refractivity contribution in [3.05, 3.63) is 102 Å². The number of phosphoric acid groups is 1. The first-order valence-electron chi connectivity index (χ1n) is 23.2. The third-order valence-corrected chi connectivity index (χ3v) is 11.9. The molecule has 0 aromatic heterocycles. The molecule has 0 fully saturated rings. The highest BCUT2D eigenvalue weighted by molar-refractivity contribution is 7.46. The van der Waals surface area contributed by atoms with Gasteiger partial charge < -0.3 is 36.6 Å². The maximum atomic E-state index is 13.5. The Morgan fingerprint density at radius 3 is 1.41 bits per heavy atom. The van der Waals surface area contributed by atoms with Gasteiger partial charge in [0.05, 0.1) is 0 Å². The highest BCUT2D eigenvalue weighted by Gasteiger charge is 2.30. The van der Waals surface area contributed by atoms with Crippen molar-refractivity contribution in [2.24, 2.45) is 11.7 Å². The van der Waals surface area contributed by atoms with Crippen LogP contribution in [0.15, 0.2) is 84.9 Å². The number of primary amides is 1. The Bertz CT molecular complexity index is 2000. The number of hydrogen-bond donors (Lipinski definition) is 8. The molecule has 0 heterocycles. The van der Waals surface area contributed by atoms with Crippen LogP contribution in [-0.2, 0) is 52.6 Å². The van der Waals surface area contributed by atoms with Gasteiger partial charge in [0.2, 0.25) is 29.5 Å². The smallest absolute Gasteiger partial charge is 0.480 e. The summed E-state index contributed by atoms with van der Waals surface area (Å²) in [5, 5.41) is 20.8. The summed E-state index contributed by atoms with van der Waals surface area (Å²) in [4.78, 5) is 95.0. The second-order valence-electron chi connectivity index (χ2n) is 17.0. The van der Waals surface area contributed by atoms with Gasteiger partial charge in [-0.05, 0) is 47.6 Å². The lowest BCUT2D eigenvalue weighted by atomic mass is 9.97. The Labute approximate surface area is 388 Å². The zero-order valence-electron chi connectivity index (χ0n) is 38.3. The van der Waals surface area contributed by atoms with Gasteiger partial charge in [0.25, 0.3) is 0 Å². The molecule has 0 spiro atoms. The molecule has 362 valence electrons. The molecule has 3 aromatic carbocycles. The molecule has 17 heteroatoms. The van der Waals surface area contributed by atoms with Crippen molar-refractivity contribution >= 4 is 43.3 Å². The largest absolute Gasteiger partial charge is 0.524 e. The first-order chi connectivity index (χ1) is 31.5. The van der Waals surface area contributed by atoms with E-state index < -0.39 is 55.7 Å². The van der Waals surface area contributed by atoms with Crippen LogP contribution in [-0.4, -0.2) is 74.6 Å². The summed E-state index contributed by atoms with van der Waals surface area (Å²) in [7, 11) is -4.77. The summed E-state index contributed by atoms with van der Waals surface area (Å²) in [6.07, 6.45) is 13.1. The van der Waals surface area contributed by atoms with E-state index in [1.165, 1.54) is 24.3 Å². The maximum absolute atomic E-state index is 13.5.